The molecular formula is C46H39ClF6N4O5. The normalized spacial score (nSPS) is 11.9. The van der Waals surface area contributed by atoms with Gasteiger partial charge in [0.05, 0.1) is 11.1 Å². The molecular weight excluding hydrogens is 838 g/mol. The summed E-state index contributed by atoms with van der Waals surface area (Å²) in [5, 5.41) is 2.04. The molecule has 7 rings (SSSR count). The fraction of sp³-hybridized carbons (Fsp3) is 0.130. The Balaban J connectivity index is 0.000000212. The zero-order chi connectivity index (χ0) is 45.5. The number of benzene rings is 6. The van der Waals surface area contributed by atoms with Gasteiger partial charge in [0.25, 0.3) is 11.1 Å². The van der Waals surface area contributed by atoms with E-state index in [1.54, 1.807) is 66.7 Å². The molecule has 62 heavy (non-hydrogen) atoms. The van der Waals surface area contributed by atoms with Gasteiger partial charge in [-0.15, -0.1) is 0 Å². The summed E-state index contributed by atoms with van der Waals surface area (Å²) in [6.07, 6.45) is -4.93. The first-order valence-corrected chi connectivity index (χ1v) is 18.9. The molecule has 0 aromatic heterocycles. The Morgan fingerprint density at radius 2 is 1.02 bits per heavy atom. The summed E-state index contributed by atoms with van der Waals surface area (Å²) in [4.78, 5) is 45.0. The van der Waals surface area contributed by atoms with Gasteiger partial charge in [-0.3, -0.25) is 19.2 Å². The van der Waals surface area contributed by atoms with E-state index < -0.39 is 34.6 Å². The Hall–Kier alpha value is -6.97. The van der Waals surface area contributed by atoms with Gasteiger partial charge < -0.3 is 27.3 Å². The van der Waals surface area contributed by atoms with E-state index in [0.29, 0.717) is 68.6 Å². The van der Waals surface area contributed by atoms with Crippen molar-refractivity contribution in [2.24, 2.45) is 0 Å². The van der Waals surface area contributed by atoms with E-state index in [1.807, 2.05) is 0 Å². The number of nitrogens with one attached hydrogen (secondary N) is 1. The number of carbonyl (C=O) groups is 4. The number of nitrogens with two attached hydrogens (primary N) is 3. The number of hydrogen-bond acceptors (Lipinski definition) is 8. The second-order valence-electron chi connectivity index (χ2n) is 13.3. The molecule has 0 aliphatic carbocycles. The number of rotatable bonds is 7. The van der Waals surface area contributed by atoms with Crippen LogP contribution in [0, 0.1) is 0 Å². The SMILES string of the molecule is C1CCOC1.Nc1cc(NC(=O)c2ccccc2-c2ccc(C(F)(F)F)cc2)ccc1C=O.Nc1ccc(C=O)c(N)c1.O=C(Cl)c1ccccc1-c1ccc(C(F)(F)F)cc1. The minimum Gasteiger partial charge on any atom is -0.399 e. The van der Waals surface area contributed by atoms with Crippen LogP contribution in [0.1, 0.15) is 65.4 Å². The Bertz CT molecular complexity index is 2470. The smallest absolute Gasteiger partial charge is 0.399 e. The van der Waals surface area contributed by atoms with E-state index in [4.69, 9.17) is 33.5 Å². The van der Waals surface area contributed by atoms with Gasteiger partial charge in [-0.25, -0.2) is 0 Å². The summed E-state index contributed by atoms with van der Waals surface area (Å²) in [6, 6.07) is 31.6. The van der Waals surface area contributed by atoms with Crippen molar-refractivity contribution in [1.82, 2.24) is 0 Å². The topological polar surface area (TPSA) is 168 Å². The molecule has 0 unspecified atom stereocenters. The Kier molecular flexibility index (Phi) is 17.0. The van der Waals surface area contributed by atoms with Crippen LogP contribution in [0.3, 0.4) is 0 Å². The summed E-state index contributed by atoms with van der Waals surface area (Å²) in [7, 11) is 0. The zero-order valence-electron chi connectivity index (χ0n) is 32.6. The first-order chi connectivity index (χ1) is 29.4. The van der Waals surface area contributed by atoms with Gasteiger partial charge in [0.15, 0.2) is 12.6 Å². The molecule has 1 heterocycles. The van der Waals surface area contributed by atoms with Gasteiger partial charge in [0, 0.05) is 58.2 Å². The molecule has 1 amide bonds. The first kappa shape index (κ1) is 47.7. The highest BCUT2D eigenvalue weighted by Crippen LogP contribution is 2.34. The van der Waals surface area contributed by atoms with E-state index in [0.717, 1.165) is 37.5 Å². The summed E-state index contributed by atoms with van der Waals surface area (Å²) < 4.78 is 80.6. The van der Waals surface area contributed by atoms with E-state index in [9.17, 15) is 45.5 Å². The van der Waals surface area contributed by atoms with Gasteiger partial charge in [0.2, 0.25) is 0 Å². The third-order valence-electron chi connectivity index (χ3n) is 8.89. The van der Waals surface area contributed by atoms with Crippen molar-refractivity contribution >= 4 is 58.1 Å². The van der Waals surface area contributed by atoms with E-state index in [-0.39, 0.29) is 11.3 Å². The molecule has 0 bridgehead atoms. The molecule has 1 aliphatic heterocycles. The molecule has 1 saturated heterocycles. The van der Waals surface area contributed by atoms with Gasteiger partial charge in [0.1, 0.15) is 0 Å². The molecule has 6 aromatic rings. The predicted octanol–water partition coefficient (Wildman–Crippen LogP) is 11.2. The number of nitrogen functional groups attached to an aromatic ring is 3. The predicted molar refractivity (Wildman–Crippen MR) is 229 cm³/mol. The van der Waals surface area contributed by atoms with E-state index >= 15 is 0 Å². The van der Waals surface area contributed by atoms with Crippen LogP contribution in [-0.4, -0.2) is 36.9 Å². The third-order valence-corrected chi connectivity index (χ3v) is 9.10. The van der Waals surface area contributed by atoms with Crippen molar-refractivity contribution in [2.45, 2.75) is 25.2 Å². The number of carbonyl (C=O) groups excluding carboxylic acids is 4. The number of ether oxygens (including phenoxy) is 1. The lowest BCUT2D eigenvalue weighted by atomic mass is 9.98. The molecule has 6 aromatic carbocycles. The average molecular weight is 877 g/mol. The molecule has 1 fully saturated rings. The third kappa shape index (κ3) is 13.8. The number of halogens is 7. The van der Waals surface area contributed by atoms with Gasteiger partial charge >= 0.3 is 12.4 Å². The quantitative estimate of drug-likeness (QED) is 0.0532. The van der Waals surface area contributed by atoms with E-state index in [1.165, 1.54) is 55.3 Å². The molecule has 0 saturated carbocycles. The lowest BCUT2D eigenvalue weighted by molar-refractivity contribution is -0.138. The molecule has 0 atom stereocenters. The van der Waals surface area contributed by atoms with Crippen LogP contribution < -0.4 is 22.5 Å². The maximum Gasteiger partial charge on any atom is 0.416 e. The van der Waals surface area contributed by atoms with Crippen LogP contribution >= 0.6 is 11.6 Å². The van der Waals surface area contributed by atoms with Gasteiger partial charge in [-0.2, -0.15) is 26.3 Å². The zero-order valence-corrected chi connectivity index (χ0v) is 33.4. The molecule has 16 heteroatoms. The molecule has 0 radical (unpaired) electrons. The highest BCUT2D eigenvalue weighted by molar-refractivity contribution is 6.68. The highest BCUT2D eigenvalue weighted by Gasteiger charge is 2.31. The van der Waals surface area contributed by atoms with Crippen LogP contribution in [0.2, 0.25) is 0 Å². The molecule has 1 aliphatic rings. The Morgan fingerprint density at radius 1 is 0.581 bits per heavy atom. The molecule has 322 valence electrons. The standard InChI is InChI=1S/C21H15F3N2O2.C14H8ClF3O.C7H8N2O.C4H8O/c22-21(23,24)15-8-5-13(6-9-15)17-3-1-2-4-18(17)20(28)26-16-10-7-14(12-27)19(25)11-16;15-13(19)12-4-2-1-3-11(12)9-5-7-10(8-6-9)14(16,17)18;8-6-2-1-5(4-10)7(9)3-6;1-2-4-5-3-1/h1-12H,25H2,(H,26,28);1-8H;1-4H,8-9H2;1-4H2. The Labute approximate surface area is 357 Å². The van der Waals surface area contributed by atoms with Crippen LogP contribution in [0.25, 0.3) is 22.3 Å². The lowest BCUT2D eigenvalue weighted by Crippen LogP contribution is -2.13. The number of amides is 1. The van der Waals surface area contributed by atoms with Crippen molar-refractivity contribution in [1.29, 1.82) is 0 Å². The second kappa shape index (κ2) is 22.0. The largest absolute Gasteiger partial charge is 0.416 e. The van der Waals surface area contributed by atoms with Crippen molar-refractivity contribution in [3.63, 3.8) is 0 Å². The highest BCUT2D eigenvalue weighted by atomic mass is 35.5. The van der Waals surface area contributed by atoms with Crippen LogP contribution in [0.15, 0.2) is 133 Å². The van der Waals surface area contributed by atoms with E-state index in [2.05, 4.69) is 5.32 Å². The van der Waals surface area contributed by atoms with Gasteiger partial charge in [-0.05, 0) is 119 Å². The maximum atomic E-state index is 12.8. The molecule has 7 N–H and O–H groups in total. The summed E-state index contributed by atoms with van der Waals surface area (Å²) in [5.74, 6) is -0.450. The monoisotopic (exact) mass is 876 g/mol. The van der Waals surface area contributed by atoms with Crippen LogP contribution in [-0.2, 0) is 17.1 Å². The van der Waals surface area contributed by atoms with Crippen molar-refractivity contribution in [3.8, 4) is 22.3 Å². The van der Waals surface area contributed by atoms with Gasteiger partial charge in [-0.1, -0.05) is 60.7 Å². The van der Waals surface area contributed by atoms with Crippen LogP contribution in [0.5, 0.6) is 0 Å². The first-order valence-electron chi connectivity index (χ1n) is 18.5. The lowest BCUT2D eigenvalue weighted by Gasteiger charge is -2.12. The number of aldehydes is 2. The van der Waals surface area contributed by atoms with Crippen molar-refractivity contribution in [2.75, 3.05) is 35.7 Å². The Morgan fingerprint density at radius 3 is 1.42 bits per heavy atom. The fourth-order valence-electron chi connectivity index (χ4n) is 5.69. The minimum absolute atomic E-state index is 0.226. The number of alkyl halides is 6. The maximum absolute atomic E-state index is 12.8. The molecule has 9 nitrogen and oxygen atoms in total. The summed E-state index contributed by atoms with van der Waals surface area (Å²) >= 11 is 5.44. The minimum atomic E-state index is -4.43. The summed E-state index contributed by atoms with van der Waals surface area (Å²) in [5.41, 5.74) is 20.0. The number of anilines is 4. The van der Waals surface area contributed by atoms with Crippen molar-refractivity contribution in [3.05, 3.63) is 167 Å². The van der Waals surface area contributed by atoms with Crippen molar-refractivity contribution < 1.29 is 50.3 Å². The van der Waals surface area contributed by atoms with Crippen LogP contribution in [0.4, 0.5) is 49.1 Å². The fourth-order valence-corrected chi connectivity index (χ4v) is 5.85. The molecule has 0 spiro atoms. The second-order valence-corrected chi connectivity index (χ2v) is 13.6. The average Bonchev–Trinajstić information content (AvgIpc) is 3.85. The number of hydrogen-bond donors (Lipinski definition) is 4. The summed E-state index contributed by atoms with van der Waals surface area (Å²) in [6.45, 7) is 2.00.